The van der Waals surface area contributed by atoms with Crippen LogP contribution in [0.2, 0.25) is 5.02 Å². The predicted octanol–water partition coefficient (Wildman–Crippen LogP) is 4.20. The predicted molar refractivity (Wildman–Crippen MR) is 74.8 cm³/mol. The van der Waals surface area contributed by atoms with Gasteiger partial charge in [-0.15, -0.1) is 0 Å². The third-order valence-electron chi connectivity index (χ3n) is 3.40. The Balaban J connectivity index is 2.95. The Hall–Kier alpha value is -0.640. The van der Waals surface area contributed by atoms with Gasteiger partial charge in [0.2, 0.25) is 0 Å². The SMILES string of the molecule is CCCCC(CC)C(NN)c1cc(F)ccc1Cl. The van der Waals surface area contributed by atoms with Gasteiger partial charge in [-0.2, -0.15) is 0 Å². The highest BCUT2D eigenvalue weighted by molar-refractivity contribution is 6.31. The molecule has 0 bridgehead atoms. The first-order valence-electron chi connectivity index (χ1n) is 6.55. The van der Waals surface area contributed by atoms with Crippen LogP contribution in [0, 0.1) is 11.7 Å². The van der Waals surface area contributed by atoms with Crippen molar-refractivity contribution in [3.63, 3.8) is 0 Å². The van der Waals surface area contributed by atoms with Crippen molar-refractivity contribution in [2.45, 2.75) is 45.6 Å². The highest BCUT2D eigenvalue weighted by atomic mass is 35.5. The van der Waals surface area contributed by atoms with Gasteiger partial charge in [0.15, 0.2) is 0 Å². The van der Waals surface area contributed by atoms with Crippen LogP contribution in [0.4, 0.5) is 4.39 Å². The Morgan fingerprint density at radius 2 is 2.11 bits per heavy atom. The van der Waals surface area contributed by atoms with E-state index in [4.69, 9.17) is 17.4 Å². The molecule has 2 nitrogen and oxygen atoms in total. The highest BCUT2D eigenvalue weighted by Gasteiger charge is 2.22. The summed E-state index contributed by atoms with van der Waals surface area (Å²) >= 11 is 6.14. The Labute approximate surface area is 114 Å². The van der Waals surface area contributed by atoms with Crippen molar-refractivity contribution in [2.24, 2.45) is 11.8 Å². The molecule has 0 aromatic heterocycles. The van der Waals surface area contributed by atoms with Gasteiger partial charge in [0, 0.05) is 5.02 Å². The van der Waals surface area contributed by atoms with Crippen LogP contribution in [0.1, 0.15) is 51.1 Å². The summed E-state index contributed by atoms with van der Waals surface area (Å²) in [6.45, 7) is 4.28. The molecule has 0 aliphatic heterocycles. The fraction of sp³-hybridized carbons (Fsp3) is 0.571. The quantitative estimate of drug-likeness (QED) is 0.577. The van der Waals surface area contributed by atoms with Crippen LogP contribution in [0.5, 0.6) is 0 Å². The average molecular weight is 273 g/mol. The van der Waals surface area contributed by atoms with Gasteiger partial charge in [-0.3, -0.25) is 11.3 Å². The third-order valence-corrected chi connectivity index (χ3v) is 3.74. The molecule has 1 aromatic carbocycles. The molecule has 0 spiro atoms. The number of rotatable bonds is 7. The van der Waals surface area contributed by atoms with Crippen LogP contribution in [-0.4, -0.2) is 0 Å². The molecule has 0 aliphatic carbocycles. The Bertz CT molecular complexity index is 371. The summed E-state index contributed by atoms with van der Waals surface area (Å²) in [5.74, 6) is 5.73. The molecule has 0 heterocycles. The van der Waals surface area contributed by atoms with Crippen LogP contribution in [0.15, 0.2) is 18.2 Å². The molecule has 102 valence electrons. The van der Waals surface area contributed by atoms with E-state index in [2.05, 4.69) is 19.3 Å². The van der Waals surface area contributed by atoms with Crippen LogP contribution in [0.3, 0.4) is 0 Å². The first-order chi connectivity index (χ1) is 8.63. The minimum atomic E-state index is -0.278. The van der Waals surface area contributed by atoms with E-state index in [1.165, 1.54) is 12.1 Å². The van der Waals surface area contributed by atoms with Gasteiger partial charge >= 0.3 is 0 Å². The van der Waals surface area contributed by atoms with Crippen LogP contribution < -0.4 is 11.3 Å². The fourth-order valence-corrected chi connectivity index (χ4v) is 2.54. The molecule has 4 heteroatoms. The van der Waals surface area contributed by atoms with Crippen molar-refractivity contribution in [2.75, 3.05) is 0 Å². The minimum Gasteiger partial charge on any atom is -0.271 e. The lowest BCUT2D eigenvalue weighted by molar-refractivity contribution is 0.326. The molecule has 2 unspecified atom stereocenters. The first-order valence-corrected chi connectivity index (χ1v) is 6.92. The van der Waals surface area contributed by atoms with E-state index >= 15 is 0 Å². The van der Waals surface area contributed by atoms with Crippen molar-refractivity contribution in [1.82, 2.24) is 5.43 Å². The molecule has 1 aromatic rings. The van der Waals surface area contributed by atoms with E-state index in [0.717, 1.165) is 31.2 Å². The normalized spacial score (nSPS) is 14.5. The zero-order valence-electron chi connectivity index (χ0n) is 11.0. The van der Waals surface area contributed by atoms with Crippen LogP contribution in [-0.2, 0) is 0 Å². The second-order valence-electron chi connectivity index (χ2n) is 4.62. The maximum Gasteiger partial charge on any atom is 0.123 e. The van der Waals surface area contributed by atoms with Gasteiger partial charge in [0.25, 0.3) is 0 Å². The average Bonchev–Trinajstić information content (AvgIpc) is 2.38. The molecule has 0 fully saturated rings. The Kier molecular flexibility index (Phi) is 6.61. The van der Waals surface area contributed by atoms with E-state index in [9.17, 15) is 4.39 Å². The van der Waals surface area contributed by atoms with Crippen LogP contribution in [0.25, 0.3) is 0 Å². The molecule has 0 radical (unpaired) electrons. The summed E-state index contributed by atoms with van der Waals surface area (Å²) < 4.78 is 13.3. The van der Waals surface area contributed by atoms with E-state index in [1.54, 1.807) is 6.07 Å². The summed E-state index contributed by atoms with van der Waals surface area (Å²) in [5, 5.41) is 0.564. The number of hydrazine groups is 1. The van der Waals surface area contributed by atoms with Crippen molar-refractivity contribution >= 4 is 11.6 Å². The Morgan fingerprint density at radius 3 is 2.67 bits per heavy atom. The number of nitrogens with one attached hydrogen (secondary N) is 1. The van der Waals surface area contributed by atoms with Gasteiger partial charge in [-0.1, -0.05) is 44.7 Å². The molecule has 1 rings (SSSR count). The summed E-state index contributed by atoms with van der Waals surface area (Å²) in [6, 6.07) is 4.33. The lowest BCUT2D eigenvalue weighted by Crippen LogP contribution is -2.33. The van der Waals surface area contributed by atoms with Crippen molar-refractivity contribution < 1.29 is 4.39 Å². The van der Waals surface area contributed by atoms with E-state index in [0.29, 0.717) is 10.9 Å². The lowest BCUT2D eigenvalue weighted by Gasteiger charge is -2.26. The smallest absolute Gasteiger partial charge is 0.123 e. The second kappa shape index (κ2) is 7.72. The van der Waals surface area contributed by atoms with Crippen molar-refractivity contribution in [1.29, 1.82) is 0 Å². The molecule has 0 aliphatic rings. The largest absolute Gasteiger partial charge is 0.271 e. The zero-order valence-corrected chi connectivity index (χ0v) is 11.8. The number of hydrogen-bond acceptors (Lipinski definition) is 2. The summed E-state index contributed by atoms with van der Waals surface area (Å²) in [7, 11) is 0. The summed E-state index contributed by atoms with van der Waals surface area (Å²) in [4.78, 5) is 0. The topological polar surface area (TPSA) is 38.0 Å². The van der Waals surface area contributed by atoms with E-state index in [1.807, 2.05) is 0 Å². The standard InChI is InChI=1S/C14H22ClFN2/c1-3-5-6-10(4-2)14(18-17)12-9-11(16)7-8-13(12)15/h7-10,14,18H,3-6,17H2,1-2H3. The number of nitrogens with two attached hydrogens (primary N) is 1. The minimum absolute atomic E-state index is 0.0928. The lowest BCUT2D eigenvalue weighted by atomic mass is 9.87. The molecule has 0 saturated heterocycles. The molecule has 3 N–H and O–H groups in total. The van der Waals surface area contributed by atoms with Gasteiger partial charge in [-0.25, -0.2) is 4.39 Å². The second-order valence-corrected chi connectivity index (χ2v) is 5.03. The van der Waals surface area contributed by atoms with Crippen molar-refractivity contribution in [3.05, 3.63) is 34.6 Å². The molecular weight excluding hydrogens is 251 g/mol. The van der Waals surface area contributed by atoms with Crippen LogP contribution >= 0.6 is 11.6 Å². The van der Waals surface area contributed by atoms with Gasteiger partial charge in [0.1, 0.15) is 5.82 Å². The van der Waals surface area contributed by atoms with Gasteiger partial charge in [-0.05, 0) is 36.1 Å². The molecule has 2 atom stereocenters. The molecule has 0 saturated carbocycles. The number of halogens is 2. The zero-order chi connectivity index (χ0) is 13.5. The number of unbranched alkanes of at least 4 members (excludes halogenated alkanes) is 1. The van der Waals surface area contributed by atoms with Gasteiger partial charge in [0.05, 0.1) is 6.04 Å². The first kappa shape index (κ1) is 15.4. The maximum absolute atomic E-state index is 13.3. The third kappa shape index (κ3) is 3.94. The summed E-state index contributed by atoms with van der Waals surface area (Å²) in [6.07, 6.45) is 4.34. The van der Waals surface area contributed by atoms with E-state index < -0.39 is 0 Å². The number of hydrogen-bond donors (Lipinski definition) is 2. The number of benzene rings is 1. The molecular formula is C14H22ClFN2. The Morgan fingerprint density at radius 1 is 1.39 bits per heavy atom. The van der Waals surface area contributed by atoms with Crippen molar-refractivity contribution in [3.8, 4) is 0 Å². The molecule has 0 amide bonds. The summed E-state index contributed by atoms with van der Waals surface area (Å²) in [5.41, 5.74) is 3.55. The molecule has 18 heavy (non-hydrogen) atoms. The van der Waals surface area contributed by atoms with E-state index in [-0.39, 0.29) is 11.9 Å². The monoisotopic (exact) mass is 272 g/mol. The maximum atomic E-state index is 13.3. The van der Waals surface area contributed by atoms with Gasteiger partial charge < -0.3 is 0 Å². The fourth-order valence-electron chi connectivity index (χ4n) is 2.31. The highest BCUT2D eigenvalue weighted by Crippen LogP contribution is 2.32.